The minimum atomic E-state index is -0.426. The van der Waals surface area contributed by atoms with Gasteiger partial charge in [0.05, 0.1) is 4.47 Å². The first-order valence-electron chi connectivity index (χ1n) is 5.92. The molecule has 2 rings (SSSR count). The van der Waals surface area contributed by atoms with Gasteiger partial charge in [-0.05, 0) is 53.2 Å². The summed E-state index contributed by atoms with van der Waals surface area (Å²) in [6.45, 7) is 1.80. The Bertz CT molecular complexity index is 661. The molecule has 0 saturated heterocycles. The molecule has 0 aliphatic carbocycles. The van der Waals surface area contributed by atoms with Gasteiger partial charge >= 0.3 is 0 Å². The van der Waals surface area contributed by atoms with Crippen molar-refractivity contribution < 1.29 is 9.18 Å². The highest BCUT2D eigenvalue weighted by Gasteiger charge is 2.10. The summed E-state index contributed by atoms with van der Waals surface area (Å²) >= 11 is 3.06. The molecule has 1 aromatic heterocycles. The molecule has 0 bridgehead atoms. The number of rotatable bonds is 3. The molecule has 0 saturated carbocycles. The third-order valence-corrected chi connectivity index (χ3v) is 3.29. The minimum Gasteiger partial charge on any atom is -0.373 e. The molecule has 0 fully saturated rings. The number of aryl methyl sites for hydroxylation is 1. The fraction of sp³-hybridized carbons (Fsp3) is 0.143. The highest BCUT2D eigenvalue weighted by molar-refractivity contribution is 9.10. The summed E-state index contributed by atoms with van der Waals surface area (Å²) in [7, 11) is 1.73. The standard InChI is InChI=1S/C14H13BrFN3O/c1-8-5-9(6-13(17-2)18-8)14(20)19-10-3-4-11(15)12(16)7-10/h3-7H,1-2H3,(H,17,18)(H,19,20). The van der Waals surface area contributed by atoms with Gasteiger partial charge in [-0.15, -0.1) is 0 Å². The molecule has 0 radical (unpaired) electrons. The molecule has 6 heteroatoms. The van der Waals surface area contributed by atoms with Crippen molar-refractivity contribution in [3.8, 4) is 0 Å². The Morgan fingerprint density at radius 3 is 2.70 bits per heavy atom. The number of pyridine rings is 1. The van der Waals surface area contributed by atoms with Gasteiger partial charge in [0.25, 0.3) is 5.91 Å². The average molecular weight is 338 g/mol. The highest BCUT2D eigenvalue weighted by atomic mass is 79.9. The summed E-state index contributed by atoms with van der Waals surface area (Å²) in [6, 6.07) is 7.73. The number of carbonyl (C=O) groups excluding carboxylic acids is 1. The molecule has 0 unspecified atom stereocenters. The van der Waals surface area contributed by atoms with Crippen molar-refractivity contribution in [2.75, 3.05) is 17.7 Å². The molecule has 20 heavy (non-hydrogen) atoms. The van der Waals surface area contributed by atoms with Crippen LogP contribution in [-0.4, -0.2) is 17.9 Å². The van der Waals surface area contributed by atoms with Crippen LogP contribution >= 0.6 is 15.9 Å². The van der Waals surface area contributed by atoms with Crippen LogP contribution in [0.25, 0.3) is 0 Å². The fourth-order valence-corrected chi connectivity index (χ4v) is 1.95. The SMILES string of the molecule is CNc1cc(C(=O)Nc2ccc(Br)c(F)c2)cc(C)n1. The number of benzene rings is 1. The smallest absolute Gasteiger partial charge is 0.255 e. The Morgan fingerprint density at radius 2 is 2.05 bits per heavy atom. The molecule has 2 aromatic rings. The lowest BCUT2D eigenvalue weighted by molar-refractivity contribution is 0.102. The van der Waals surface area contributed by atoms with Crippen LogP contribution in [0.5, 0.6) is 0 Å². The fourth-order valence-electron chi connectivity index (χ4n) is 1.70. The largest absolute Gasteiger partial charge is 0.373 e. The van der Waals surface area contributed by atoms with Crippen molar-refractivity contribution in [2.45, 2.75) is 6.92 Å². The predicted molar refractivity (Wildman–Crippen MR) is 80.6 cm³/mol. The highest BCUT2D eigenvalue weighted by Crippen LogP contribution is 2.20. The number of aromatic nitrogens is 1. The van der Waals surface area contributed by atoms with Gasteiger partial charge < -0.3 is 10.6 Å². The number of nitrogens with zero attached hydrogens (tertiary/aromatic N) is 1. The number of anilines is 2. The first-order valence-corrected chi connectivity index (χ1v) is 6.72. The summed E-state index contributed by atoms with van der Waals surface area (Å²) in [5.74, 6) is -0.129. The second-order valence-corrected chi connectivity index (χ2v) is 5.07. The van der Waals surface area contributed by atoms with Gasteiger partial charge in [-0.2, -0.15) is 0 Å². The summed E-state index contributed by atoms with van der Waals surface area (Å²) in [5.41, 5.74) is 1.59. The van der Waals surface area contributed by atoms with E-state index in [0.29, 0.717) is 21.5 Å². The van der Waals surface area contributed by atoms with Gasteiger partial charge in [0.2, 0.25) is 0 Å². The molecular weight excluding hydrogens is 325 g/mol. The van der Waals surface area contributed by atoms with Crippen LogP contribution in [0.4, 0.5) is 15.9 Å². The number of carbonyl (C=O) groups is 1. The number of halogens is 2. The second-order valence-electron chi connectivity index (χ2n) is 4.22. The third kappa shape index (κ3) is 3.33. The van der Waals surface area contributed by atoms with Crippen molar-refractivity contribution in [1.82, 2.24) is 4.98 Å². The Kier molecular flexibility index (Phi) is 4.34. The van der Waals surface area contributed by atoms with Gasteiger partial charge in [0.1, 0.15) is 11.6 Å². The molecule has 0 aliphatic rings. The maximum atomic E-state index is 13.4. The predicted octanol–water partition coefficient (Wildman–Crippen LogP) is 3.59. The van der Waals surface area contributed by atoms with Crippen LogP contribution in [-0.2, 0) is 0 Å². The first kappa shape index (κ1) is 14.5. The van der Waals surface area contributed by atoms with E-state index in [4.69, 9.17) is 0 Å². The maximum absolute atomic E-state index is 13.4. The zero-order valence-electron chi connectivity index (χ0n) is 11.0. The van der Waals surface area contributed by atoms with Crippen LogP contribution in [0.1, 0.15) is 16.1 Å². The Balaban J connectivity index is 2.23. The molecule has 0 atom stereocenters. The molecule has 1 amide bonds. The number of hydrogen-bond donors (Lipinski definition) is 2. The van der Waals surface area contributed by atoms with E-state index in [1.165, 1.54) is 6.07 Å². The molecular formula is C14H13BrFN3O. The molecule has 104 valence electrons. The van der Waals surface area contributed by atoms with Crippen molar-refractivity contribution in [1.29, 1.82) is 0 Å². The van der Waals surface area contributed by atoms with E-state index in [0.717, 1.165) is 5.69 Å². The van der Waals surface area contributed by atoms with E-state index >= 15 is 0 Å². The van der Waals surface area contributed by atoms with E-state index in [9.17, 15) is 9.18 Å². The lowest BCUT2D eigenvalue weighted by Crippen LogP contribution is -2.13. The Hall–Kier alpha value is -1.95. The summed E-state index contributed by atoms with van der Waals surface area (Å²) in [4.78, 5) is 16.3. The van der Waals surface area contributed by atoms with E-state index in [-0.39, 0.29) is 5.91 Å². The molecule has 1 aromatic carbocycles. The van der Waals surface area contributed by atoms with Gasteiger partial charge in [0.15, 0.2) is 0 Å². The van der Waals surface area contributed by atoms with Gasteiger partial charge in [-0.1, -0.05) is 0 Å². The first-order chi connectivity index (χ1) is 9.49. The Labute approximate surface area is 124 Å². The third-order valence-electron chi connectivity index (χ3n) is 2.65. The van der Waals surface area contributed by atoms with E-state index in [2.05, 4.69) is 31.5 Å². The Morgan fingerprint density at radius 1 is 1.30 bits per heavy atom. The molecule has 1 heterocycles. The van der Waals surface area contributed by atoms with E-state index < -0.39 is 5.82 Å². The van der Waals surface area contributed by atoms with Crippen LogP contribution in [0.2, 0.25) is 0 Å². The van der Waals surface area contributed by atoms with Crippen molar-refractivity contribution >= 4 is 33.3 Å². The normalized spacial score (nSPS) is 10.2. The summed E-state index contributed by atoms with van der Waals surface area (Å²) in [5, 5.41) is 5.54. The molecule has 2 N–H and O–H groups in total. The van der Waals surface area contributed by atoms with Crippen LogP contribution in [0, 0.1) is 12.7 Å². The monoisotopic (exact) mass is 337 g/mol. The quantitative estimate of drug-likeness (QED) is 0.899. The minimum absolute atomic E-state index is 0.311. The number of amides is 1. The van der Waals surface area contributed by atoms with Gasteiger partial charge in [-0.25, -0.2) is 9.37 Å². The van der Waals surface area contributed by atoms with Crippen LogP contribution < -0.4 is 10.6 Å². The molecule has 0 aliphatic heterocycles. The second kappa shape index (κ2) is 6.00. The van der Waals surface area contributed by atoms with Crippen LogP contribution in [0.3, 0.4) is 0 Å². The zero-order chi connectivity index (χ0) is 14.7. The lowest BCUT2D eigenvalue weighted by Gasteiger charge is -2.08. The summed E-state index contributed by atoms with van der Waals surface area (Å²) in [6.07, 6.45) is 0. The van der Waals surface area contributed by atoms with E-state index in [1.54, 1.807) is 38.2 Å². The van der Waals surface area contributed by atoms with E-state index in [1.807, 2.05) is 0 Å². The molecule has 0 spiro atoms. The van der Waals surface area contributed by atoms with Gasteiger partial charge in [-0.3, -0.25) is 4.79 Å². The van der Waals surface area contributed by atoms with Crippen LogP contribution in [0.15, 0.2) is 34.8 Å². The summed E-state index contributed by atoms with van der Waals surface area (Å²) < 4.78 is 13.8. The number of hydrogen-bond acceptors (Lipinski definition) is 3. The topological polar surface area (TPSA) is 54.0 Å². The van der Waals surface area contributed by atoms with Crippen molar-refractivity contribution in [3.63, 3.8) is 0 Å². The lowest BCUT2D eigenvalue weighted by atomic mass is 10.2. The van der Waals surface area contributed by atoms with Crippen molar-refractivity contribution in [3.05, 3.63) is 51.9 Å². The maximum Gasteiger partial charge on any atom is 0.255 e. The van der Waals surface area contributed by atoms with Crippen molar-refractivity contribution in [2.24, 2.45) is 0 Å². The number of nitrogens with one attached hydrogen (secondary N) is 2. The zero-order valence-corrected chi connectivity index (χ0v) is 12.6. The van der Waals surface area contributed by atoms with Gasteiger partial charge in [0, 0.05) is 24.0 Å². The average Bonchev–Trinajstić information content (AvgIpc) is 2.42. The molecule has 4 nitrogen and oxygen atoms in total.